The molecule has 1 aromatic carbocycles. The Bertz CT molecular complexity index is 571. The van der Waals surface area contributed by atoms with Crippen molar-refractivity contribution >= 4 is 5.95 Å². The van der Waals surface area contributed by atoms with Gasteiger partial charge in [0.1, 0.15) is 0 Å². The van der Waals surface area contributed by atoms with Gasteiger partial charge < -0.3 is 10.7 Å². The summed E-state index contributed by atoms with van der Waals surface area (Å²) in [7, 11) is 0. The van der Waals surface area contributed by atoms with Crippen molar-refractivity contribution in [1.29, 1.82) is 0 Å². The van der Waals surface area contributed by atoms with Gasteiger partial charge >= 0.3 is 12.1 Å². The van der Waals surface area contributed by atoms with Gasteiger partial charge in [0.15, 0.2) is 5.95 Å². The first kappa shape index (κ1) is 13.3. The van der Waals surface area contributed by atoms with Crippen LogP contribution in [0.5, 0.6) is 0 Å². The molecule has 1 aromatic heterocycles. The molecule has 3 nitrogen and oxygen atoms in total. The van der Waals surface area contributed by atoms with Gasteiger partial charge in [-0.15, -0.1) is 0 Å². The molecule has 1 heterocycles. The Balaban J connectivity index is 2.34. The number of H-pyrrole nitrogens is 1. The smallest absolute Gasteiger partial charge is 0.369 e. The quantitative estimate of drug-likeness (QED) is 0.827. The van der Waals surface area contributed by atoms with Crippen LogP contribution in [0, 0.1) is 0 Å². The summed E-state index contributed by atoms with van der Waals surface area (Å²) in [5.41, 5.74) is 5.06. The highest BCUT2D eigenvalue weighted by Gasteiger charge is 2.58. The van der Waals surface area contributed by atoms with Crippen LogP contribution in [0.1, 0.15) is 5.56 Å². The van der Waals surface area contributed by atoms with Crippen LogP contribution in [0.2, 0.25) is 0 Å². The van der Waals surface area contributed by atoms with Crippen LogP contribution < -0.4 is 5.73 Å². The van der Waals surface area contributed by atoms with Crippen LogP contribution in [-0.2, 0) is 5.92 Å². The zero-order valence-electron chi connectivity index (χ0n) is 9.30. The van der Waals surface area contributed by atoms with Gasteiger partial charge in [0, 0.05) is 5.56 Å². The summed E-state index contributed by atoms with van der Waals surface area (Å²) < 4.78 is 62.6. The van der Waals surface area contributed by atoms with Crippen molar-refractivity contribution in [3.63, 3.8) is 0 Å². The Hall–Kier alpha value is -2.12. The van der Waals surface area contributed by atoms with Gasteiger partial charge in [-0.2, -0.15) is 22.0 Å². The highest BCUT2D eigenvalue weighted by molar-refractivity contribution is 5.60. The van der Waals surface area contributed by atoms with Gasteiger partial charge in [-0.05, 0) is 5.56 Å². The second kappa shape index (κ2) is 4.22. The van der Waals surface area contributed by atoms with Crippen molar-refractivity contribution in [2.75, 3.05) is 5.73 Å². The number of hydrogen-bond acceptors (Lipinski definition) is 2. The number of nitrogens with one attached hydrogen (secondary N) is 1. The van der Waals surface area contributed by atoms with Crippen LogP contribution in [0.15, 0.2) is 30.5 Å². The average Bonchev–Trinajstić information content (AvgIpc) is 2.74. The van der Waals surface area contributed by atoms with Crippen molar-refractivity contribution in [1.82, 2.24) is 9.97 Å². The molecule has 0 saturated carbocycles. The van der Waals surface area contributed by atoms with Crippen LogP contribution in [-0.4, -0.2) is 16.1 Å². The van der Waals surface area contributed by atoms with E-state index in [4.69, 9.17) is 5.73 Å². The number of aromatic amines is 1. The molecule has 8 heteroatoms. The fourth-order valence-electron chi connectivity index (χ4n) is 1.51. The number of nitrogens with zero attached hydrogens (tertiary/aromatic N) is 1. The molecular weight excluding hydrogens is 269 g/mol. The van der Waals surface area contributed by atoms with Crippen molar-refractivity contribution in [3.8, 4) is 11.3 Å². The molecule has 19 heavy (non-hydrogen) atoms. The third-order valence-electron chi connectivity index (χ3n) is 2.51. The van der Waals surface area contributed by atoms with Gasteiger partial charge in [0.05, 0.1) is 11.9 Å². The Kier molecular flexibility index (Phi) is 2.95. The summed E-state index contributed by atoms with van der Waals surface area (Å²) in [6, 6.07) is 3.73. The van der Waals surface area contributed by atoms with Gasteiger partial charge in [-0.3, -0.25) is 0 Å². The lowest BCUT2D eigenvalue weighted by molar-refractivity contribution is -0.289. The number of rotatable bonds is 2. The summed E-state index contributed by atoms with van der Waals surface area (Å²) >= 11 is 0. The predicted molar refractivity (Wildman–Crippen MR) is 58.4 cm³/mol. The first-order valence-corrected chi connectivity index (χ1v) is 5.08. The fourth-order valence-corrected chi connectivity index (χ4v) is 1.51. The van der Waals surface area contributed by atoms with E-state index in [1.807, 2.05) is 0 Å². The van der Waals surface area contributed by atoms with E-state index in [2.05, 4.69) is 9.97 Å². The van der Waals surface area contributed by atoms with Crippen molar-refractivity contribution in [2.45, 2.75) is 12.1 Å². The van der Waals surface area contributed by atoms with Crippen LogP contribution >= 0.6 is 0 Å². The lowest BCUT2D eigenvalue weighted by atomic mass is 10.0. The monoisotopic (exact) mass is 277 g/mol. The maximum Gasteiger partial charge on any atom is 0.458 e. The van der Waals surface area contributed by atoms with Crippen molar-refractivity contribution < 1.29 is 22.0 Å². The highest BCUT2D eigenvalue weighted by atomic mass is 19.4. The maximum atomic E-state index is 13.0. The first-order valence-electron chi connectivity index (χ1n) is 5.08. The van der Waals surface area contributed by atoms with E-state index in [0.29, 0.717) is 11.3 Å². The normalized spacial score (nSPS) is 12.7. The number of nitrogen functional groups attached to an aromatic ring is 1. The summed E-state index contributed by atoms with van der Waals surface area (Å²) in [5.74, 6) is -4.75. The lowest BCUT2D eigenvalue weighted by Crippen LogP contribution is -2.33. The van der Waals surface area contributed by atoms with Gasteiger partial charge in [0.25, 0.3) is 0 Å². The summed E-state index contributed by atoms with van der Waals surface area (Å²) in [6.07, 6.45) is -4.26. The maximum absolute atomic E-state index is 13.0. The van der Waals surface area contributed by atoms with Gasteiger partial charge in [-0.25, -0.2) is 4.98 Å². The van der Waals surface area contributed by atoms with E-state index in [-0.39, 0.29) is 5.95 Å². The zero-order chi connectivity index (χ0) is 14.3. The standard InChI is InChI=1S/C11H8F5N3/c12-10(13,11(14,15)16)7-3-1-6(2-4-7)8-5-18-9(17)19-8/h1-5H,(H3,17,18,19). The molecular formula is C11H8F5N3. The number of anilines is 1. The van der Waals surface area contributed by atoms with E-state index in [1.165, 1.54) is 6.20 Å². The predicted octanol–water partition coefficient (Wildman–Crippen LogP) is 3.31. The molecule has 0 aliphatic heterocycles. The fraction of sp³-hybridized carbons (Fsp3) is 0.182. The Labute approximate surface area is 104 Å². The molecule has 0 unspecified atom stereocenters. The van der Waals surface area contributed by atoms with Crippen LogP contribution in [0.25, 0.3) is 11.3 Å². The highest BCUT2D eigenvalue weighted by Crippen LogP contribution is 2.44. The zero-order valence-corrected chi connectivity index (χ0v) is 9.30. The number of aromatic nitrogens is 2. The Morgan fingerprint density at radius 3 is 2.00 bits per heavy atom. The van der Waals surface area contributed by atoms with Crippen LogP contribution in [0.3, 0.4) is 0 Å². The van der Waals surface area contributed by atoms with Crippen molar-refractivity contribution in [3.05, 3.63) is 36.0 Å². The third-order valence-corrected chi connectivity index (χ3v) is 2.51. The number of halogens is 5. The Morgan fingerprint density at radius 1 is 1.00 bits per heavy atom. The van der Waals surface area contributed by atoms with E-state index in [9.17, 15) is 22.0 Å². The lowest BCUT2D eigenvalue weighted by Gasteiger charge is -2.19. The minimum atomic E-state index is -5.62. The minimum Gasteiger partial charge on any atom is -0.369 e. The average molecular weight is 277 g/mol. The number of hydrogen-bond donors (Lipinski definition) is 2. The first-order chi connectivity index (χ1) is 8.72. The summed E-state index contributed by atoms with van der Waals surface area (Å²) in [6.45, 7) is 0. The van der Waals surface area contributed by atoms with Crippen LogP contribution in [0.4, 0.5) is 27.9 Å². The summed E-state index contributed by atoms with van der Waals surface area (Å²) in [4.78, 5) is 6.34. The van der Waals surface area contributed by atoms with E-state index < -0.39 is 17.7 Å². The minimum absolute atomic E-state index is 0.125. The molecule has 0 radical (unpaired) electrons. The van der Waals surface area contributed by atoms with E-state index >= 15 is 0 Å². The van der Waals surface area contributed by atoms with Crippen molar-refractivity contribution in [2.24, 2.45) is 0 Å². The molecule has 0 aliphatic carbocycles. The topological polar surface area (TPSA) is 54.7 Å². The van der Waals surface area contributed by atoms with Gasteiger partial charge in [0.2, 0.25) is 0 Å². The molecule has 2 rings (SSSR count). The molecule has 0 aliphatic rings. The van der Waals surface area contributed by atoms with Gasteiger partial charge in [-0.1, -0.05) is 24.3 Å². The largest absolute Gasteiger partial charge is 0.458 e. The third kappa shape index (κ3) is 2.38. The number of benzene rings is 1. The SMILES string of the molecule is Nc1ncc(-c2ccc(C(F)(F)C(F)(F)F)cc2)[nH]1. The number of imidazole rings is 1. The molecule has 0 atom stereocenters. The second-order valence-electron chi connectivity index (χ2n) is 3.83. The second-order valence-corrected chi connectivity index (χ2v) is 3.83. The number of nitrogens with two attached hydrogens (primary N) is 1. The van der Waals surface area contributed by atoms with E-state index in [0.717, 1.165) is 24.3 Å². The van der Waals surface area contributed by atoms with E-state index in [1.54, 1.807) is 0 Å². The molecule has 102 valence electrons. The molecule has 0 amide bonds. The molecule has 3 N–H and O–H groups in total. The molecule has 0 bridgehead atoms. The molecule has 0 fully saturated rings. The molecule has 0 spiro atoms. The summed E-state index contributed by atoms with van der Waals surface area (Å²) in [5, 5.41) is 0. The Morgan fingerprint density at radius 2 is 1.58 bits per heavy atom. The molecule has 2 aromatic rings. The number of alkyl halides is 5. The molecule has 0 saturated heterocycles.